The lowest BCUT2D eigenvalue weighted by Crippen LogP contribution is -2.48. The first kappa shape index (κ1) is 11.8. The minimum atomic E-state index is 0.769. The summed E-state index contributed by atoms with van der Waals surface area (Å²) in [6.07, 6.45) is 17.3. The van der Waals surface area contributed by atoms with E-state index in [0.29, 0.717) is 0 Å². The van der Waals surface area contributed by atoms with E-state index in [2.05, 4.69) is 6.92 Å². The van der Waals surface area contributed by atoms with E-state index in [1.54, 1.807) is 70.6 Å². The van der Waals surface area contributed by atoms with Gasteiger partial charge in [-0.15, -0.1) is 0 Å². The molecule has 0 spiro atoms. The number of fused-ring (bicyclic) bond motifs is 5. The van der Waals surface area contributed by atoms with Crippen LogP contribution in [0.3, 0.4) is 0 Å². The molecule has 102 valence electrons. The van der Waals surface area contributed by atoms with Crippen molar-refractivity contribution in [3.63, 3.8) is 0 Å². The van der Waals surface area contributed by atoms with Gasteiger partial charge < -0.3 is 0 Å². The zero-order valence-electron chi connectivity index (χ0n) is 12.2. The van der Waals surface area contributed by atoms with E-state index in [0.717, 1.165) is 35.0 Å². The average Bonchev–Trinajstić information content (AvgIpc) is 2.80. The lowest BCUT2D eigenvalue weighted by molar-refractivity contribution is -0.0667. The standard InChI is InChI=1S/C18H30/c1-18-12-4-6-14(18)9-10-16-15-7-3-2-5-13(15)8-11-17(16)18/h13-17H,2-12H2,1H3. The monoisotopic (exact) mass is 246 g/mol. The first-order valence-electron chi connectivity index (χ1n) is 8.79. The van der Waals surface area contributed by atoms with Crippen molar-refractivity contribution in [3.8, 4) is 0 Å². The fraction of sp³-hybridized carbons (Fsp3) is 1.00. The summed E-state index contributed by atoms with van der Waals surface area (Å²) < 4.78 is 0. The van der Waals surface area contributed by atoms with Gasteiger partial charge in [0.1, 0.15) is 0 Å². The van der Waals surface area contributed by atoms with Crippen molar-refractivity contribution in [2.75, 3.05) is 0 Å². The topological polar surface area (TPSA) is 0 Å². The molecule has 6 atom stereocenters. The van der Waals surface area contributed by atoms with Crippen LogP contribution < -0.4 is 0 Å². The van der Waals surface area contributed by atoms with Gasteiger partial charge in [0.2, 0.25) is 0 Å². The Balaban J connectivity index is 1.61. The summed E-state index contributed by atoms with van der Waals surface area (Å²) in [5.74, 6) is 5.66. The molecule has 0 aromatic rings. The molecule has 0 aromatic carbocycles. The van der Waals surface area contributed by atoms with Crippen LogP contribution in [0.5, 0.6) is 0 Å². The van der Waals surface area contributed by atoms with Crippen LogP contribution in [0.2, 0.25) is 0 Å². The van der Waals surface area contributed by atoms with Crippen LogP contribution in [0.4, 0.5) is 0 Å². The molecule has 0 amide bonds. The molecule has 0 heteroatoms. The molecule has 4 aliphatic rings. The van der Waals surface area contributed by atoms with E-state index >= 15 is 0 Å². The van der Waals surface area contributed by atoms with E-state index in [1.807, 2.05) is 0 Å². The first-order chi connectivity index (χ1) is 8.79. The summed E-state index contributed by atoms with van der Waals surface area (Å²) in [5, 5.41) is 0. The average molecular weight is 246 g/mol. The summed E-state index contributed by atoms with van der Waals surface area (Å²) in [4.78, 5) is 0. The molecule has 0 N–H and O–H groups in total. The van der Waals surface area contributed by atoms with E-state index < -0.39 is 0 Å². The van der Waals surface area contributed by atoms with Crippen LogP contribution in [0.25, 0.3) is 0 Å². The Morgan fingerprint density at radius 3 is 2.56 bits per heavy atom. The molecule has 0 aliphatic heterocycles. The molecule has 4 aliphatic carbocycles. The molecule has 0 aromatic heterocycles. The minimum absolute atomic E-state index is 0.769. The summed E-state index contributed by atoms with van der Waals surface area (Å²) in [6, 6.07) is 0. The summed E-state index contributed by atoms with van der Waals surface area (Å²) >= 11 is 0. The summed E-state index contributed by atoms with van der Waals surface area (Å²) in [6.45, 7) is 2.69. The number of hydrogen-bond acceptors (Lipinski definition) is 0. The number of hydrogen-bond donors (Lipinski definition) is 0. The predicted octanol–water partition coefficient (Wildman–Crippen LogP) is 5.42. The fourth-order valence-electron chi connectivity index (χ4n) is 6.92. The van der Waals surface area contributed by atoms with E-state index in [9.17, 15) is 0 Å². The van der Waals surface area contributed by atoms with E-state index in [-0.39, 0.29) is 0 Å². The highest BCUT2D eigenvalue weighted by Gasteiger charge is 2.54. The molecule has 4 rings (SSSR count). The molecule has 0 radical (unpaired) electrons. The molecule has 18 heavy (non-hydrogen) atoms. The Kier molecular flexibility index (Phi) is 2.79. The highest BCUT2D eigenvalue weighted by atomic mass is 14.6. The van der Waals surface area contributed by atoms with Gasteiger partial charge in [0.15, 0.2) is 0 Å². The smallest absolute Gasteiger partial charge is 0.0266 e. The molecule has 0 nitrogen and oxygen atoms in total. The maximum absolute atomic E-state index is 2.69. The molecule has 0 heterocycles. The van der Waals surface area contributed by atoms with Gasteiger partial charge in [-0.2, -0.15) is 0 Å². The first-order valence-corrected chi connectivity index (χ1v) is 8.79. The van der Waals surface area contributed by atoms with Crippen LogP contribution in [-0.2, 0) is 0 Å². The third-order valence-corrected chi connectivity index (χ3v) is 7.78. The van der Waals surface area contributed by atoms with Crippen molar-refractivity contribution in [3.05, 3.63) is 0 Å². The largest absolute Gasteiger partial charge is 0.0591 e. The Bertz CT molecular complexity index is 320. The van der Waals surface area contributed by atoms with Gasteiger partial charge in [-0.05, 0) is 80.0 Å². The Morgan fingerprint density at radius 1 is 0.722 bits per heavy atom. The van der Waals surface area contributed by atoms with Crippen LogP contribution in [0.1, 0.15) is 77.6 Å². The molecule has 4 fully saturated rings. The van der Waals surface area contributed by atoms with Crippen molar-refractivity contribution in [1.82, 2.24) is 0 Å². The minimum Gasteiger partial charge on any atom is -0.0591 e. The molecule has 6 unspecified atom stereocenters. The van der Waals surface area contributed by atoms with Gasteiger partial charge in [0, 0.05) is 0 Å². The van der Waals surface area contributed by atoms with Gasteiger partial charge in [0.25, 0.3) is 0 Å². The third kappa shape index (κ3) is 1.56. The van der Waals surface area contributed by atoms with Crippen LogP contribution in [-0.4, -0.2) is 0 Å². The van der Waals surface area contributed by atoms with E-state index in [1.165, 1.54) is 0 Å². The lowest BCUT2D eigenvalue weighted by Gasteiger charge is -2.56. The second-order valence-corrected chi connectivity index (χ2v) is 8.23. The van der Waals surface area contributed by atoms with Crippen molar-refractivity contribution < 1.29 is 0 Å². The second-order valence-electron chi connectivity index (χ2n) is 8.23. The molecule has 0 bridgehead atoms. The van der Waals surface area contributed by atoms with Crippen LogP contribution >= 0.6 is 0 Å². The Morgan fingerprint density at radius 2 is 1.61 bits per heavy atom. The fourth-order valence-corrected chi connectivity index (χ4v) is 6.92. The van der Waals surface area contributed by atoms with Gasteiger partial charge in [-0.3, -0.25) is 0 Å². The summed E-state index contributed by atoms with van der Waals surface area (Å²) in [5.41, 5.74) is 0.769. The van der Waals surface area contributed by atoms with Crippen molar-refractivity contribution >= 4 is 0 Å². The highest BCUT2D eigenvalue weighted by molar-refractivity contribution is 5.04. The quantitative estimate of drug-likeness (QED) is 0.535. The highest BCUT2D eigenvalue weighted by Crippen LogP contribution is 2.63. The second kappa shape index (κ2) is 4.25. The van der Waals surface area contributed by atoms with Crippen LogP contribution in [0, 0.1) is 35.0 Å². The Labute approximate surface area is 113 Å². The van der Waals surface area contributed by atoms with Gasteiger partial charge in [0.05, 0.1) is 0 Å². The van der Waals surface area contributed by atoms with Crippen molar-refractivity contribution in [2.45, 2.75) is 77.6 Å². The zero-order chi connectivity index (χ0) is 12.2. The van der Waals surface area contributed by atoms with Gasteiger partial charge >= 0.3 is 0 Å². The predicted molar refractivity (Wildman–Crippen MR) is 76.3 cm³/mol. The van der Waals surface area contributed by atoms with Crippen molar-refractivity contribution in [1.29, 1.82) is 0 Å². The maximum Gasteiger partial charge on any atom is -0.0266 e. The summed E-state index contributed by atoms with van der Waals surface area (Å²) in [7, 11) is 0. The number of rotatable bonds is 0. The van der Waals surface area contributed by atoms with E-state index in [4.69, 9.17) is 0 Å². The molecular formula is C18H30. The zero-order valence-corrected chi connectivity index (χ0v) is 12.2. The molecular weight excluding hydrogens is 216 g/mol. The Hall–Kier alpha value is 0. The lowest BCUT2D eigenvalue weighted by atomic mass is 9.49. The molecule has 0 saturated heterocycles. The van der Waals surface area contributed by atoms with Gasteiger partial charge in [-0.1, -0.05) is 32.6 Å². The molecule has 4 saturated carbocycles. The van der Waals surface area contributed by atoms with Gasteiger partial charge in [-0.25, -0.2) is 0 Å². The normalized spacial score (nSPS) is 55.5. The SMILES string of the molecule is CC12CCCC1CCC1C3CCCCC3CCC12. The third-order valence-electron chi connectivity index (χ3n) is 7.78. The maximum atomic E-state index is 2.69. The van der Waals surface area contributed by atoms with Crippen LogP contribution in [0.15, 0.2) is 0 Å². The van der Waals surface area contributed by atoms with Crippen molar-refractivity contribution in [2.24, 2.45) is 35.0 Å².